The molecule has 1 N–H and O–H groups in total. The standard InChI is InChI=1S/C26H29N5O4/c1-4-35-22(32)18-31-21(27-24-23(31)25(33)29(3)26(34)28(24)2)17-30(15-19-11-7-5-8-12-19)16-20-13-9-6-10-14-20/h5-14H,4,15-18H2,1-3H3/p+1. The van der Waals surface area contributed by atoms with E-state index in [2.05, 4.69) is 24.3 Å². The molecule has 0 saturated heterocycles. The number of esters is 1. The van der Waals surface area contributed by atoms with Crippen molar-refractivity contribution in [3.05, 3.63) is 98.5 Å². The third kappa shape index (κ3) is 5.25. The maximum atomic E-state index is 13.1. The van der Waals surface area contributed by atoms with E-state index < -0.39 is 17.2 Å². The summed E-state index contributed by atoms with van der Waals surface area (Å²) in [5.74, 6) is 0.0878. The quantitative estimate of drug-likeness (QED) is 0.361. The summed E-state index contributed by atoms with van der Waals surface area (Å²) in [7, 11) is 3.00. The molecule has 0 saturated carbocycles. The van der Waals surface area contributed by atoms with Crippen LogP contribution in [0.25, 0.3) is 11.2 Å². The second-order valence-electron chi connectivity index (χ2n) is 8.55. The first-order chi connectivity index (χ1) is 16.9. The van der Waals surface area contributed by atoms with Crippen molar-refractivity contribution < 1.29 is 14.4 Å². The molecule has 35 heavy (non-hydrogen) atoms. The number of fused-ring (bicyclic) bond motifs is 1. The zero-order valence-corrected chi connectivity index (χ0v) is 20.2. The zero-order chi connectivity index (χ0) is 24.9. The number of benzene rings is 2. The number of carbonyl (C=O) groups excluding carboxylic acids is 1. The van der Waals surface area contributed by atoms with Gasteiger partial charge in [0.05, 0.1) is 6.61 Å². The highest BCUT2D eigenvalue weighted by Crippen LogP contribution is 2.12. The molecule has 9 nitrogen and oxygen atoms in total. The van der Waals surface area contributed by atoms with Crippen molar-refractivity contribution in [3.63, 3.8) is 0 Å². The number of aromatic nitrogens is 4. The Balaban J connectivity index is 1.80. The predicted molar refractivity (Wildman–Crippen MR) is 132 cm³/mol. The van der Waals surface area contributed by atoms with E-state index in [9.17, 15) is 14.4 Å². The molecule has 0 bridgehead atoms. The van der Waals surface area contributed by atoms with Gasteiger partial charge in [0.15, 0.2) is 17.0 Å². The summed E-state index contributed by atoms with van der Waals surface area (Å²) in [4.78, 5) is 43.9. The zero-order valence-electron chi connectivity index (χ0n) is 20.2. The molecule has 2 heterocycles. The molecule has 4 aromatic rings. The van der Waals surface area contributed by atoms with E-state index in [-0.39, 0.29) is 24.3 Å². The second-order valence-corrected chi connectivity index (χ2v) is 8.55. The number of nitrogens with one attached hydrogen (secondary N) is 1. The van der Waals surface area contributed by atoms with Crippen LogP contribution in [-0.2, 0) is 49.8 Å². The summed E-state index contributed by atoms with van der Waals surface area (Å²) in [6.07, 6.45) is 0. The number of aryl methyl sites for hydroxylation is 1. The molecule has 4 rings (SSSR count). The van der Waals surface area contributed by atoms with Gasteiger partial charge >= 0.3 is 11.7 Å². The summed E-state index contributed by atoms with van der Waals surface area (Å²) in [5.41, 5.74) is 1.85. The van der Waals surface area contributed by atoms with E-state index in [1.165, 1.54) is 16.5 Å². The largest absolute Gasteiger partial charge is 0.465 e. The van der Waals surface area contributed by atoms with Gasteiger partial charge in [0, 0.05) is 25.2 Å². The van der Waals surface area contributed by atoms with E-state index in [1.807, 2.05) is 36.4 Å². The lowest BCUT2D eigenvalue weighted by Crippen LogP contribution is -3.08. The van der Waals surface area contributed by atoms with Crippen LogP contribution < -0.4 is 16.1 Å². The smallest absolute Gasteiger partial charge is 0.332 e. The molecule has 0 aliphatic carbocycles. The molecule has 9 heteroatoms. The molecule has 0 amide bonds. The van der Waals surface area contributed by atoms with Crippen molar-refractivity contribution in [1.29, 1.82) is 0 Å². The predicted octanol–water partition coefficient (Wildman–Crippen LogP) is 0.782. The van der Waals surface area contributed by atoms with E-state index in [0.717, 1.165) is 28.8 Å². The minimum absolute atomic E-state index is 0.156. The van der Waals surface area contributed by atoms with Crippen LogP contribution in [0, 0.1) is 0 Å². The van der Waals surface area contributed by atoms with Gasteiger partial charge in [-0.25, -0.2) is 9.78 Å². The molecule has 0 spiro atoms. The van der Waals surface area contributed by atoms with E-state index >= 15 is 0 Å². The molecule has 0 unspecified atom stereocenters. The molecule has 0 aliphatic rings. The van der Waals surface area contributed by atoms with Crippen LogP contribution in [0.4, 0.5) is 0 Å². The number of carbonyl (C=O) groups is 1. The van der Waals surface area contributed by atoms with Crippen molar-refractivity contribution in [2.75, 3.05) is 6.61 Å². The summed E-state index contributed by atoms with van der Waals surface area (Å²) >= 11 is 0. The van der Waals surface area contributed by atoms with E-state index in [1.54, 1.807) is 18.5 Å². The van der Waals surface area contributed by atoms with E-state index in [4.69, 9.17) is 9.72 Å². The minimum atomic E-state index is -0.487. The van der Waals surface area contributed by atoms with E-state index in [0.29, 0.717) is 12.4 Å². The summed E-state index contributed by atoms with van der Waals surface area (Å²) in [6, 6.07) is 20.3. The summed E-state index contributed by atoms with van der Waals surface area (Å²) in [6.45, 7) is 3.69. The van der Waals surface area contributed by atoms with Crippen LogP contribution in [0.2, 0.25) is 0 Å². The number of imidazole rings is 1. The normalized spacial score (nSPS) is 11.3. The number of ether oxygens (including phenoxy) is 1. The van der Waals surface area contributed by atoms with Crippen LogP contribution >= 0.6 is 0 Å². The number of quaternary nitrogens is 1. The van der Waals surface area contributed by atoms with Gasteiger partial charge in [0.1, 0.15) is 26.2 Å². The summed E-state index contributed by atoms with van der Waals surface area (Å²) < 4.78 is 9.15. The monoisotopic (exact) mass is 476 g/mol. The topological polar surface area (TPSA) is 92.6 Å². The Morgan fingerprint density at radius 2 is 1.46 bits per heavy atom. The van der Waals surface area contributed by atoms with Crippen LogP contribution in [0.5, 0.6) is 0 Å². The van der Waals surface area contributed by atoms with Crippen molar-refractivity contribution in [2.45, 2.75) is 33.1 Å². The third-order valence-corrected chi connectivity index (χ3v) is 6.02. The Morgan fingerprint density at radius 1 is 0.886 bits per heavy atom. The molecule has 182 valence electrons. The van der Waals surface area contributed by atoms with Gasteiger partial charge in [0.25, 0.3) is 5.56 Å². The highest BCUT2D eigenvalue weighted by atomic mass is 16.5. The molecule has 2 aromatic carbocycles. The van der Waals surface area contributed by atoms with Gasteiger partial charge in [-0.2, -0.15) is 0 Å². The van der Waals surface area contributed by atoms with Crippen LogP contribution in [0.15, 0.2) is 70.3 Å². The molecule has 0 radical (unpaired) electrons. The van der Waals surface area contributed by atoms with Gasteiger partial charge in [-0.05, 0) is 6.92 Å². The fourth-order valence-corrected chi connectivity index (χ4v) is 4.31. The van der Waals surface area contributed by atoms with Gasteiger partial charge in [-0.1, -0.05) is 60.7 Å². The molecule has 0 fully saturated rings. The van der Waals surface area contributed by atoms with Crippen LogP contribution in [-0.4, -0.2) is 31.3 Å². The Bertz CT molecular complexity index is 1400. The van der Waals surface area contributed by atoms with Crippen molar-refractivity contribution in [3.8, 4) is 0 Å². The average Bonchev–Trinajstić information content (AvgIpc) is 3.20. The van der Waals surface area contributed by atoms with Crippen molar-refractivity contribution in [1.82, 2.24) is 18.7 Å². The van der Waals surface area contributed by atoms with Crippen molar-refractivity contribution >= 4 is 17.1 Å². The fourth-order valence-electron chi connectivity index (χ4n) is 4.31. The van der Waals surface area contributed by atoms with Gasteiger partial charge in [0.2, 0.25) is 0 Å². The minimum Gasteiger partial charge on any atom is -0.465 e. The summed E-state index contributed by atoms with van der Waals surface area (Å²) in [5, 5.41) is 0. The first kappa shape index (κ1) is 24.2. The second kappa shape index (κ2) is 10.5. The Labute approximate surface area is 202 Å². The maximum absolute atomic E-state index is 13.1. The number of rotatable bonds is 9. The number of hydrogen-bond donors (Lipinski definition) is 1. The SMILES string of the molecule is CCOC(=O)Cn1c(C[NH+](Cc2ccccc2)Cc2ccccc2)nc2c1c(=O)n(C)c(=O)n2C. The van der Waals surface area contributed by atoms with Crippen molar-refractivity contribution in [2.24, 2.45) is 14.1 Å². The maximum Gasteiger partial charge on any atom is 0.332 e. The van der Waals surface area contributed by atoms with Gasteiger partial charge in [-0.3, -0.25) is 18.7 Å². The van der Waals surface area contributed by atoms with Gasteiger partial charge in [-0.15, -0.1) is 0 Å². The number of hydrogen-bond acceptors (Lipinski definition) is 5. The first-order valence-corrected chi connectivity index (χ1v) is 11.6. The fraction of sp³-hybridized carbons (Fsp3) is 0.308. The third-order valence-electron chi connectivity index (χ3n) is 6.02. The van der Waals surface area contributed by atoms with Gasteiger partial charge < -0.3 is 14.2 Å². The highest BCUT2D eigenvalue weighted by molar-refractivity contribution is 5.75. The molecular weight excluding hydrogens is 446 g/mol. The average molecular weight is 477 g/mol. The highest BCUT2D eigenvalue weighted by Gasteiger charge is 2.24. The lowest BCUT2D eigenvalue weighted by molar-refractivity contribution is -0.941. The molecular formula is C26H30N5O4+. The molecule has 0 atom stereocenters. The van der Waals surface area contributed by atoms with Crippen LogP contribution in [0.3, 0.4) is 0 Å². The molecule has 0 aliphatic heterocycles. The number of nitrogens with zero attached hydrogens (tertiary/aromatic N) is 4. The lowest BCUT2D eigenvalue weighted by Gasteiger charge is -2.20. The first-order valence-electron chi connectivity index (χ1n) is 11.6. The van der Waals surface area contributed by atoms with Crippen LogP contribution in [0.1, 0.15) is 23.9 Å². The molecule has 2 aromatic heterocycles. The Kier molecular flexibility index (Phi) is 7.26. The Morgan fingerprint density at radius 3 is 2.00 bits per heavy atom. The Hall–Kier alpha value is -3.98. The lowest BCUT2D eigenvalue weighted by atomic mass is 10.1.